The normalized spacial score (nSPS) is 16.1. The lowest BCUT2D eigenvalue weighted by molar-refractivity contribution is -0.125. The van der Waals surface area contributed by atoms with Crippen LogP contribution < -0.4 is 11.1 Å². The molecular weight excluding hydrogens is 206 g/mol. The maximum atomic E-state index is 11.7. The van der Waals surface area contributed by atoms with Crippen LogP contribution in [0.5, 0.6) is 0 Å². The van der Waals surface area contributed by atoms with Gasteiger partial charge in [-0.1, -0.05) is 12.8 Å². The molecule has 0 heterocycles. The second kappa shape index (κ2) is 6.48. The summed E-state index contributed by atoms with van der Waals surface area (Å²) in [4.78, 5) is 24.0. The highest BCUT2D eigenvalue weighted by Crippen LogP contribution is 2.23. The fourth-order valence-electron chi connectivity index (χ4n) is 2.07. The third-order valence-corrected chi connectivity index (χ3v) is 2.99. The smallest absolute Gasteiger partial charge is 0.324 e. The summed E-state index contributed by atoms with van der Waals surface area (Å²) in [6.07, 6.45) is 4.86. The zero-order chi connectivity index (χ0) is 12.0. The molecule has 0 atom stereocenters. The van der Waals surface area contributed by atoms with E-state index in [9.17, 15) is 9.59 Å². The first-order chi connectivity index (χ1) is 7.65. The Labute approximate surface area is 96.4 Å². The molecule has 0 spiro atoms. The molecule has 3 amide bonds. The van der Waals surface area contributed by atoms with Crippen molar-refractivity contribution in [3.05, 3.63) is 0 Å². The van der Waals surface area contributed by atoms with Crippen molar-refractivity contribution >= 4 is 11.9 Å². The number of nitrogens with two attached hydrogens (primary N) is 1. The van der Waals surface area contributed by atoms with E-state index in [1.165, 1.54) is 32.6 Å². The summed E-state index contributed by atoms with van der Waals surface area (Å²) in [5, 5.41) is 2.80. The molecule has 0 saturated heterocycles. The van der Waals surface area contributed by atoms with Crippen molar-refractivity contribution in [2.45, 2.75) is 32.6 Å². The second-order valence-corrected chi connectivity index (χ2v) is 4.30. The van der Waals surface area contributed by atoms with Crippen LogP contribution in [0, 0.1) is 5.92 Å². The quantitative estimate of drug-likeness (QED) is 0.742. The summed E-state index contributed by atoms with van der Waals surface area (Å²) in [6.45, 7) is 2.64. The van der Waals surface area contributed by atoms with Gasteiger partial charge in [0.15, 0.2) is 0 Å². The average Bonchev–Trinajstić information content (AvgIpc) is 2.75. The Hall–Kier alpha value is -1.10. The summed E-state index contributed by atoms with van der Waals surface area (Å²) >= 11 is 0. The lowest BCUT2D eigenvalue weighted by atomic mass is 10.1. The van der Waals surface area contributed by atoms with Crippen molar-refractivity contribution in [3.8, 4) is 0 Å². The molecule has 1 aliphatic carbocycles. The molecule has 92 valence electrons. The number of urea groups is 1. The molecule has 0 aromatic carbocycles. The number of nitrogens with one attached hydrogen (secondary N) is 1. The fraction of sp³-hybridized carbons (Fsp3) is 0.818. The highest BCUT2D eigenvalue weighted by Gasteiger charge is 2.19. The summed E-state index contributed by atoms with van der Waals surface area (Å²) in [6, 6.07) is -0.315. The topological polar surface area (TPSA) is 75.4 Å². The van der Waals surface area contributed by atoms with Gasteiger partial charge in [-0.2, -0.15) is 0 Å². The predicted octanol–water partition coefficient (Wildman–Crippen LogP) is 0.693. The molecule has 1 saturated carbocycles. The van der Waals surface area contributed by atoms with E-state index in [-0.39, 0.29) is 18.5 Å². The lowest BCUT2D eigenvalue weighted by Gasteiger charge is -2.20. The van der Waals surface area contributed by atoms with E-state index in [0.717, 1.165) is 4.90 Å². The van der Waals surface area contributed by atoms with Crippen LogP contribution >= 0.6 is 0 Å². The third-order valence-electron chi connectivity index (χ3n) is 2.99. The Morgan fingerprint density at radius 3 is 2.50 bits per heavy atom. The Bertz CT molecular complexity index is 250. The van der Waals surface area contributed by atoms with E-state index in [1.54, 1.807) is 0 Å². The maximum Gasteiger partial charge on any atom is 0.324 e. The monoisotopic (exact) mass is 227 g/mol. The van der Waals surface area contributed by atoms with Gasteiger partial charge in [0.1, 0.15) is 0 Å². The number of nitrogens with zero attached hydrogens (tertiary/aromatic N) is 1. The molecule has 1 fully saturated rings. The van der Waals surface area contributed by atoms with Gasteiger partial charge < -0.3 is 11.1 Å². The number of carbonyl (C=O) groups excluding carboxylic acids is 2. The molecule has 16 heavy (non-hydrogen) atoms. The summed E-state index contributed by atoms with van der Waals surface area (Å²) in [5.41, 5.74) is 5.35. The first kappa shape index (κ1) is 13.0. The fourth-order valence-corrected chi connectivity index (χ4v) is 2.07. The molecule has 5 heteroatoms. The molecule has 0 bridgehead atoms. The first-order valence-electron chi connectivity index (χ1n) is 5.91. The van der Waals surface area contributed by atoms with Crippen molar-refractivity contribution in [2.24, 2.45) is 11.7 Å². The van der Waals surface area contributed by atoms with Crippen molar-refractivity contribution in [1.29, 1.82) is 0 Å². The van der Waals surface area contributed by atoms with Gasteiger partial charge in [-0.05, 0) is 18.8 Å². The molecule has 0 aromatic heterocycles. The van der Waals surface area contributed by atoms with Crippen LogP contribution in [0.25, 0.3) is 0 Å². The molecule has 5 nitrogen and oxygen atoms in total. The minimum atomic E-state index is -0.315. The van der Waals surface area contributed by atoms with Gasteiger partial charge in [0.05, 0.1) is 0 Å². The minimum Gasteiger partial charge on any atom is -0.337 e. The number of hydrogen-bond acceptors (Lipinski definition) is 3. The maximum absolute atomic E-state index is 11.7. The molecule has 3 N–H and O–H groups in total. The van der Waals surface area contributed by atoms with E-state index in [0.29, 0.717) is 19.0 Å². The highest BCUT2D eigenvalue weighted by molar-refractivity contribution is 5.93. The number of hydrogen-bond donors (Lipinski definition) is 2. The van der Waals surface area contributed by atoms with E-state index in [1.807, 2.05) is 0 Å². The predicted molar refractivity (Wildman–Crippen MR) is 61.8 cm³/mol. The first-order valence-corrected chi connectivity index (χ1v) is 5.91. The summed E-state index contributed by atoms with van der Waals surface area (Å²) < 4.78 is 0. The van der Waals surface area contributed by atoms with Crippen LogP contribution in [-0.2, 0) is 4.79 Å². The minimum absolute atomic E-state index is 0.255. The second-order valence-electron chi connectivity index (χ2n) is 4.30. The van der Waals surface area contributed by atoms with Gasteiger partial charge in [0.2, 0.25) is 5.91 Å². The highest BCUT2D eigenvalue weighted by atomic mass is 16.2. The van der Waals surface area contributed by atoms with Crippen molar-refractivity contribution < 1.29 is 9.59 Å². The van der Waals surface area contributed by atoms with Gasteiger partial charge in [-0.15, -0.1) is 0 Å². The van der Waals surface area contributed by atoms with Gasteiger partial charge >= 0.3 is 6.03 Å². The molecule has 0 aromatic rings. The number of imide groups is 1. The van der Waals surface area contributed by atoms with Gasteiger partial charge in [0.25, 0.3) is 0 Å². The van der Waals surface area contributed by atoms with Crippen molar-refractivity contribution in [3.63, 3.8) is 0 Å². The Kier molecular flexibility index (Phi) is 5.25. The van der Waals surface area contributed by atoms with Crippen LogP contribution in [-0.4, -0.2) is 36.5 Å². The lowest BCUT2D eigenvalue weighted by Crippen LogP contribution is -2.46. The van der Waals surface area contributed by atoms with Crippen LogP contribution in [0.15, 0.2) is 0 Å². The van der Waals surface area contributed by atoms with Gasteiger partial charge in [0, 0.05) is 26.6 Å². The average molecular weight is 227 g/mol. The van der Waals surface area contributed by atoms with E-state index in [2.05, 4.69) is 5.32 Å². The number of carbonyl (C=O) groups is 2. The van der Waals surface area contributed by atoms with Gasteiger partial charge in [-0.3, -0.25) is 9.69 Å². The Morgan fingerprint density at radius 1 is 1.38 bits per heavy atom. The third kappa shape index (κ3) is 3.81. The van der Waals surface area contributed by atoms with E-state index < -0.39 is 0 Å². The van der Waals surface area contributed by atoms with Crippen molar-refractivity contribution in [2.75, 3.05) is 19.6 Å². The van der Waals surface area contributed by atoms with E-state index in [4.69, 9.17) is 5.73 Å². The van der Waals surface area contributed by atoms with Gasteiger partial charge in [-0.25, -0.2) is 4.79 Å². The van der Waals surface area contributed by atoms with E-state index >= 15 is 0 Å². The molecule has 0 unspecified atom stereocenters. The standard InChI is InChI=1S/C11H21N3O2/c1-9(15)14(7-6-12)11(16)13-8-10-4-2-3-5-10/h10H,2-8,12H2,1H3,(H,13,16). The Morgan fingerprint density at radius 2 is 2.00 bits per heavy atom. The molecule has 0 aliphatic heterocycles. The van der Waals surface area contributed by atoms with Crippen LogP contribution in [0.2, 0.25) is 0 Å². The summed E-state index contributed by atoms with van der Waals surface area (Å²) in [5.74, 6) is 0.324. The van der Waals surface area contributed by atoms with Crippen LogP contribution in [0.1, 0.15) is 32.6 Å². The van der Waals surface area contributed by atoms with Crippen molar-refractivity contribution in [1.82, 2.24) is 10.2 Å². The van der Waals surface area contributed by atoms with Crippen LogP contribution in [0.3, 0.4) is 0 Å². The zero-order valence-electron chi connectivity index (χ0n) is 9.87. The number of amides is 3. The molecule has 1 aliphatic rings. The largest absolute Gasteiger partial charge is 0.337 e. The number of rotatable bonds is 4. The molecular formula is C11H21N3O2. The zero-order valence-corrected chi connectivity index (χ0v) is 9.87. The SMILES string of the molecule is CC(=O)N(CCN)C(=O)NCC1CCCC1. The molecule has 1 rings (SSSR count). The summed E-state index contributed by atoms with van der Waals surface area (Å²) in [7, 11) is 0. The van der Waals surface area contributed by atoms with Crippen LogP contribution in [0.4, 0.5) is 4.79 Å². The Balaban J connectivity index is 2.33. The molecule has 0 radical (unpaired) electrons.